The molecule has 3 rings (SSSR count). The Morgan fingerprint density at radius 1 is 0.941 bits per heavy atom. The van der Waals surface area contributed by atoms with Crippen molar-refractivity contribution >= 4 is 29.2 Å². The Kier molecular flexibility index (Phi) is 8.00. The number of hydrogen-bond donors (Lipinski definition) is 2. The highest BCUT2D eigenvalue weighted by molar-refractivity contribution is 6.31. The number of rotatable bonds is 8. The van der Waals surface area contributed by atoms with Gasteiger partial charge in [0.25, 0.3) is 5.91 Å². The topological polar surface area (TPSA) is 75.6 Å². The number of hydrogen-bond acceptors (Lipinski definition) is 3. The molecule has 0 saturated heterocycles. The molecule has 6 heteroatoms. The molecule has 0 radical (unpaired) electrons. The molecule has 178 valence electrons. The zero-order chi connectivity index (χ0) is 25.0. The van der Waals surface area contributed by atoms with Crippen molar-refractivity contribution in [2.45, 2.75) is 47.1 Å². The predicted molar refractivity (Wildman–Crippen MR) is 136 cm³/mol. The zero-order valence-electron chi connectivity index (χ0n) is 20.1. The van der Waals surface area contributed by atoms with Crippen LogP contribution in [-0.4, -0.2) is 17.0 Å². The Morgan fingerprint density at radius 2 is 1.62 bits per heavy atom. The van der Waals surface area contributed by atoms with Crippen molar-refractivity contribution in [3.63, 3.8) is 0 Å². The Balaban J connectivity index is 1.77. The van der Waals surface area contributed by atoms with Crippen LogP contribution < -0.4 is 10.1 Å². The molecular weight excluding hydrogens is 450 g/mol. The number of aromatic carboxylic acids is 1. The van der Waals surface area contributed by atoms with E-state index in [4.69, 9.17) is 16.3 Å². The number of amides is 1. The molecule has 0 saturated carbocycles. The van der Waals surface area contributed by atoms with Gasteiger partial charge in [-0.15, -0.1) is 0 Å². The van der Waals surface area contributed by atoms with Gasteiger partial charge in [-0.05, 0) is 85.7 Å². The molecular formula is C28H30ClNO4. The second-order valence-corrected chi connectivity index (χ2v) is 9.35. The molecule has 0 aliphatic rings. The van der Waals surface area contributed by atoms with Gasteiger partial charge in [-0.3, -0.25) is 4.79 Å². The molecule has 1 atom stereocenters. The number of benzene rings is 3. The van der Waals surface area contributed by atoms with E-state index >= 15 is 0 Å². The van der Waals surface area contributed by atoms with E-state index in [1.807, 2.05) is 20.8 Å². The maximum atomic E-state index is 12.9. The number of ether oxygens (including phenoxy) is 1. The van der Waals surface area contributed by atoms with Crippen molar-refractivity contribution in [3.05, 3.63) is 93.0 Å². The quantitative estimate of drug-likeness (QED) is 0.357. The first-order valence-corrected chi connectivity index (χ1v) is 11.6. The van der Waals surface area contributed by atoms with Crippen LogP contribution in [0.3, 0.4) is 0 Å². The van der Waals surface area contributed by atoms with Crippen molar-refractivity contribution < 1.29 is 19.4 Å². The first-order chi connectivity index (χ1) is 16.1. The van der Waals surface area contributed by atoms with Gasteiger partial charge in [0.1, 0.15) is 11.9 Å². The van der Waals surface area contributed by atoms with E-state index in [0.717, 1.165) is 23.1 Å². The smallest absolute Gasteiger partial charge is 0.337 e. The lowest BCUT2D eigenvalue weighted by Crippen LogP contribution is -2.17. The summed E-state index contributed by atoms with van der Waals surface area (Å²) in [4.78, 5) is 24.4. The van der Waals surface area contributed by atoms with E-state index in [1.165, 1.54) is 23.8 Å². The Hall–Kier alpha value is -3.31. The van der Waals surface area contributed by atoms with Gasteiger partial charge in [0.2, 0.25) is 0 Å². The molecule has 0 aliphatic heterocycles. The maximum absolute atomic E-state index is 12.9. The molecule has 0 fully saturated rings. The number of anilines is 1. The summed E-state index contributed by atoms with van der Waals surface area (Å²) in [5.74, 6) is -0.256. The van der Waals surface area contributed by atoms with Crippen molar-refractivity contribution in [1.82, 2.24) is 0 Å². The Morgan fingerprint density at radius 3 is 2.24 bits per heavy atom. The zero-order valence-corrected chi connectivity index (χ0v) is 20.9. The lowest BCUT2D eigenvalue weighted by molar-refractivity contribution is 0.0698. The van der Waals surface area contributed by atoms with Crippen LogP contribution in [0, 0.1) is 19.8 Å². The normalized spacial score (nSPS) is 11.9. The number of carboxylic acid groups (broad SMARTS) is 1. The van der Waals surface area contributed by atoms with Crippen LogP contribution in [0.4, 0.5) is 5.69 Å². The summed E-state index contributed by atoms with van der Waals surface area (Å²) in [6.07, 6.45) is 0.888. The first kappa shape index (κ1) is 25.3. The highest BCUT2D eigenvalue weighted by Crippen LogP contribution is 2.30. The van der Waals surface area contributed by atoms with Gasteiger partial charge >= 0.3 is 5.97 Å². The fourth-order valence-electron chi connectivity index (χ4n) is 3.82. The minimum Gasteiger partial charge on any atom is -0.486 e. The summed E-state index contributed by atoms with van der Waals surface area (Å²) in [5, 5.41) is 12.4. The van der Waals surface area contributed by atoms with Gasteiger partial charge in [0, 0.05) is 10.6 Å². The Bertz CT molecular complexity index is 1200. The summed E-state index contributed by atoms with van der Waals surface area (Å²) >= 11 is 5.90. The highest BCUT2D eigenvalue weighted by atomic mass is 35.5. The number of carbonyl (C=O) groups is 2. The molecule has 1 unspecified atom stereocenters. The largest absolute Gasteiger partial charge is 0.486 e. The average molecular weight is 480 g/mol. The molecule has 3 aromatic carbocycles. The first-order valence-electron chi connectivity index (χ1n) is 11.3. The molecule has 1 amide bonds. The van der Waals surface area contributed by atoms with Gasteiger partial charge in [-0.25, -0.2) is 4.79 Å². The number of carbonyl (C=O) groups excluding carboxylic acids is 1. The second-order valence-electron chi connectivity index (χ2n) is 8.91. The van der Waals surface area contributed by atoms with Gasteiger partial charge < -0.3 is 15.2 Å². The third-order valence-electron chi connectivity index (χ3n) is 5.84. The van der Waals surface area contributed by atoms with E-state index in [9.17, 15) is 14.7 Å². The number of carboxylic acids is 1. The van der Waals surface area contributed by atoms with Crippen molar-refractivity contribution in [3.8, 4) is 5.75 Å². The predicted octanol–water partition coefficient (Wildman–Crippen LogP) is 7.25. The van der Waals surface area contributed by atoms with Crippen LogP contribution in [0.25, 0.3) is 0 Å². The van der Waals surface area contributed by atoms with E-state index in [2.05, 4.69) is 43.4 Å². The van der Waals surface area contributed by atoms with Crippen LogP contribution in [0.2, 0.25) is 5.02 Å². The van der Waals surface area contributed by atoms with E-state index < -0.39 is 11.9 Å². The van der Waals surface area contributed by atoms with Crippen LogP contribution >= 0.6 is 11.6 Å². The van der Waals surface area contributed by atoms with Crippen LogP contribution in [0.1, 0.15) is 69.8 Å². The lowest BCUT2D eigenvalue weighted by Gasteiger charge is -2.20. The van der Waals surface area contributed by atoms with Crippen LogP contribution in [-0.2, 0) is 6.42 Å². The minimum absolute atomic E-state index is 0.0663. The molecule has 0 bridgehead atoms. The molecule has 2 N–H and O–H groups in total. The van der Waals surface area contributed by atoms with Gasteiger partial charge in [-0.2, -0.15) is 0 Å². The fraction of sp³-hybridized carbons (Fsp3) is 0.286. The summed E-state index contributed by atoms with van der Waals surface area (Å²) < 4.78 is 6.23. The number of nitrogens with one attached hydrogen (secondary N) is 1. The molecule has 5 nitrogen and oxygen atoms in total. The summed E-state index contributed by atoms with van der Waals surface area (Å²) in [5.41, 5.74) is 4.57. The Labute approximate surface area is 205 Å². The summed E-state index contributed by atoms with van der Waals surface area (Å²) in [6, 6.07) is 16.3. The highest BCUT2D eigenvalue weighted by Gasteiger charge is 2.18. The molecule has 34 heavy (non-hydrogen) atoms. The molecule has 3 aromatic rings. The van der Waals surface area contributed by atoms with Crippen molar-refractivity contribution in [2.75, 3.05) is 5.32 Å². The lowest BCUT2D eigenvalue weighted by atomic mass is 10.00. The SMILES string of the molecule is Cc1c(OC(C)c2ccc(CC(C)C)cc2)ccc(C(=O)Nc2ccc(Cl)cc2C(=O)O)c1C. The second kappa shape index (κ2) is 10.7. The average Bonchev–Trinajstić information content (AvgIpc) is 2.78. The third-order valence-corrected chi connectivity index (χ3v) is 6.07. The van der Waals surface area contributed by atoms with E-state index in [0.29, 0.717) is 17.2 Å². The summed E-state index contributed by atoms with van der Waals surface area (Å²) in [6.45, 7) is 10.2. The minimum atomic E-state index is -1.17. The third kappa shape index (κ3) is 5.97. The van der Waals surface area contributed by atoms with Crippen molar-refractivity contribution in [1.29, 1.82) is 0 Å². The maximum Gasteiger partial charge on any atom is 0.337 e. The van der Waals surface area contributed by atoms with Gasteiger partial charge in [0.05, 0.1) is 11.3 Å². The van der Waals surface area contributed by atoms with Crippen LogP contribution in [0.15, 0.2) is 54.6 Å². The monoisotopic (exact) mass is 479 g/mol. The van der Waals surface area contributed by atoms with Gasteiger partial charge in [0.15, 0.2) is 0 Å². The van der Waals surface area contributed by atoms with Crippen molar-refractivity contribution in [2.24, 2.45) is 5.92 Å². The van der Waals surface area contributed by atoms with E-state index in [-0.39, 0.29) is 22.4 Å². The molecule has 0 aromatic heterocycles. The van der Waals surface area contributed by atoms with Gasteiger partial charge in [-0.1, -0.05) is 49.7 Å². The summed E-state index contributed by atoms with van der Waals surface area (Å²) in [7, 11) is 0. The fourth-order valence-corrected chi connectivity index (χ4v) is 3.99. The molecule has 0 spiro atoms. The molecule has 0 aliphatic carbocycles. The number of halogens is 1. The molecule has 0 heterocycles. The van der Waals surface area contributed by atoms with E-state index in [1.54, 1.807) is 12.1 Å². The standard InChI is InChI=1S/C28H30ClNO4/c1-16(2)14-20-6-8-21(9-7-20)19(5)34-26-13-11-23(17(3)18(26)4)27(31)30-25-12-10-22(29)15-24(25)28(32)33/h6-13,15-16,19H,14H2,1-5H3,(H,30,31)(H,32,33). The van der Waals surface area contributed by atoms with Crippen LogP contribution in [0.5, 0.6) is 5.75 Å².